The van der Waals surface area contributed by atoms with E-state index in [1.165, 1.54) is 33.7 Å². The molecule has 0 amide bonds. The van der Waals surface area contributed by atoms with Gasteiger partial charge in [-0.25, -0.2) is 9.13 Å². The molecule has 1 aromatic heterocycles. The highest BCUT2D eigenvalue weighted by Gasteiger charge is 2.35. The second-order valence-corrected chi connectivity index (χ2v) is 8.06. The molecule has 0 fully saturated rings. The zero-order chi connectivity index (χ0) is 19.8. The minimum Gasteiger partial charge on any atom is -0.306 e. The van der Waals surface area contributed by atoms with Gasteiger partial charge in [0, 0.05) is 6.54 Å². The summed E-state index contributed by atoms with van der Waals surface area (Å²) in [6.45, 7) is 2.95. The first-order chi connectivity index (χ1) is 14.2. The van der Waals surface area contributed by atoms with Crippen molar-refractivity contribution in [1.29, 1.82) is 0 Å². The van der Waals surface area contributed by atoms with Crippen molar-refractivity contribution in [2.45, 2.75) is 19.1 Å². The first-order valence-corrected chi connectivity index (χ1v) is 10.3. The summed E-state index contributed by atoms with van der Waals surface area (Å²) in [5, 5.41) is 3.80. The van der Waals surface area contributed by atoms with E-state index in [0.717, 1.165) is 19.6 Å². The van der Waals surface area contributed by atoms with Crippen molar-refractivity contribution in [3.05, 3.63) is 84.4 Å². The second-order valence-electron chi connectivity index (χ2n) is 8.06. The number of imidazole rings is 1. The molecule has 0 spiro atoms. The van der Waals surface area contributed by atoms with Crippen molar-refractivity contribution in [1.82, 2.24) is 9.47 Å². The number of fused-ring (bicyclic) bond motifs is 3. The molecule has 1 atom stereocenters. The second kappa shape index (κ2) is 7.37. The van der Waals surface area contributed by atoms with Crippen LogP contribution in [0.5, 0.6) is 0 Å². The van der Waals surface area contributed by atoms with Crippen molar-refractivity contribution < 1.29 is 4.57 Å². The summed E-state index contributed by atoms with van der Waals surface area (Å²) in [4.78, 5) is 2.24. The molecule has 1 aliphatic heterocycles. The van der Waals surface area contributed by atoms with Crippen LogP contribution < -0.4 is 9.88 Å². The van der Waals surface area contributed by atoms with Gasteiger partial charge in [0.05, 0.1) is 6.54 Å². The van der Waals surface area contributed by atoms with Gasteiger partial charge >= 0.3 is 5.95 Å². The predicted molar refractivity (Wildman–Crippen MR) is 119 cm³/mol. The van der Waals surface area contributed by atoms with Crippen LogP contribution in [0.3, 0.4) is 0 Å². The summed E-state index contributed by atoms with van der Waals surface area (Å²) < 4.78 is 4.86. The molecule has 29 heavy (non-hydrogen) atoms. The van der Waals surface area contributed by atoms with E-state index in [4.69, 9.17) is 0 Å². The molecule has 0 radical (unpaired) electrons. The third-order valence-electron chi connectivity index (χ3n) is 5.83. The van der Waals surface area contributed by atoms with Gasteiger partial charge in [0.25, 0.3) is 0 Å². The number of hydrogen-bond donors (Lipinski definition) is 1. The molecular formula is C25H27N4+. The molecule has 0 bridgehead atoms. The first-order valence-electron chi connectivity index (χ1n) is 10.3. The van der Waals surface area contributed by atoms with Gasteiger partial charge in [-0.3, -0.25) is 5.32 Å². The summed E-state index contributed by atoms with van der Waals surface area (Å²) in [5.74, 6) is 1.21. The molecule has 0 saturated heterocycles. The Morgan fingerprint density at radius 3 is 2.34 bits per heavy atom. The van der Waals surface area contributed by atoms with Crippen molar-refractivity contribution in [2.75, 3.05) is 26.0 Å². The number of benzene rings is 3. The smallest absolute Gasteiger partial charge is 0.306 e. The van der Waals surface area contributed by atoms with Gasteiger partial charge in [-0.15, -0.1) is 0 Å². The van der Waals surface area contributed by atoms with Crippen LogP contribution >= 0.6 is 0 Å². The molecule has 2 heterocycles. The minimum absolute atomic E-state index is 0.296. The van der Waals surface area contributed by atoms with E-state index in [0.29, 0.717) is 6.04 Å². The molecule has 0 aliphatic carbocycles. The fourth-order valence-electron chi connectivity index (χ4n) is 4.27. The summed E-state index contributed by atoms with van der Waals surface area (Å²) in [6, 6.07) is 28.6. The van der Waals surface area contributed by atoms with Gasteiger partial charge in [-0.1, -0.05) is 66.7 Å². The van der Waals surface area contributed by atoms with E-state index in [2.05, 4.69) is 112 Å². The number of rotatable bonds is 5. The van der Waals surface area contributed by atoms with Crippen molar-refractivity contribution in [2.24, 2.45) is 0 Å². The van der Waals surface area contributed by atoms with Crippen LogP contribution in [0.1, 0.15) is 11.6 Å². The van der Waals surface area contributed by atoms with Crippen LogP contribution in [0.2, 0.25) is 0 Å². The van der Waals surface area contributed by atoms with Gasteiger partial charge in [0.2, 0.25) is 0 Å². The van der Waals surface area contributed by atoms with Gasteiger partial charge in [-0.05, 0) is 42.9 Å². The SMILES string of the molecule is CN(C)CCn1c2[n+](c3ccccc31)CC(c1ccc(-c3ccccc3)cc1)N2. The Bertz CT molecular complexity index is 1130. The highest BCUT2D eigenvalue weighted by molar-refractivity contribution is 5.74. The quantitative estimate of drug-likeness (QED) is 0.519. The van der Waals surface area contributed by atoms with Gasteiger partial charge in [0.15, 0.2) is 0 Å². The summed E-state index contributed by atoms with van der Waals surface area (Å²) in [7, 11) is 4.26. The Balaban J connectivity index is 1.44. The Kier molecular flexibility index (Phi) is 4.57. The molecular weight excluding hydrogens is 356 g/mol. The third-order valence-corrected chi connectivity index (χ3v) is 5.83. The molecule has 4 nitrogen and oxygen atoms in total. The van der Waals surface area contributed by atoms with Crippen LogP contribution in [0, 0.1) is 0 Å². The topological polar surface area (TPSA) is 24.1 Å². The third kappa shape index (κ3) is 3.30. The van der Waals surface area contributed by atoms with Crippen LogP contribution in [0.25, 0.3) is 22.2 Å². The lowest BCUT2D eigenvalue weighted by atomic mass is 10.0. The van der Waals surface area contributed by atoms with E-state index >= 15 is 0 Å². The fraction of sp³-hybridized carbons (Fsp3) is 0.240. The van der Waals surface area contributed by atoms with Crippen molar-refractivity contribution >= 4 is 17.0 Å². The Morgan fingerprint density at radius 2 is 1.59 bits per heavy atom. The van der Waals surface area contributed by atoms with Crippen LogP contribution in [0.4, 0.5) is 5.95 Å². The highest BCUT2D eigenvalue weighted by Crippen LogP contribution is 2.30. The minimum atomic E-state index is 0.296. The number of hydrogen-bond acceptors (Lipinski definition) is 2. The Labute approximate surface area is 172 Å². The summed E-state index contributed by atoms with van der Waals surface area (Å²) in [5.41, 5.74) is 6.46. The number of nitrogens with zero attached hydrogens (tertiary/aromatic N) is 3. The zero-order valence-corrected chi connectivity index (χ0v) is 17.0. The largest absolute Gasteiger partial charge is 0.359 e. The van der Waals surface area contributed by atoms with E-state index < -0.39 is 0 Å². The van der Waals surface area contributed by atoms with Gasteiger partial charge in [-0.2, -0.15) is 0 Å². The fourth-order valence-corrected chi connectivity index (χ4v) is 4.27. The monoisotopic (exact) mass is 383 g/mol. The zero-order valence-electron chi connectivity index (χ0n) is 17.0. The highest BCUT2D eigenvalue weighted by atomic mass is 15.3. The standard InChI is InChI=1S/C25H26N4/c1-27(2)16-17-28-23-10-6-7-11-24(23)29-18-22(26-25(28)29)21-14-12-20(13-15-21)19-8-4-3-5-9-19/h3-15,22H,16-18H2,1-2H3/p+1. The summed E-state index contributed by atoms with van der Waals surface area (Å²) in [6.07, 6.45) is 0. The number of aromatic nitrogens is 2. The molecule has 4 aromatic rings. The molecule has 0 saturated carbocycles. The average Bonchev–Trinajstić information content (AvgIpc) is 3.31. The average molecular weight is 384 g/mol. The van der Waals surface area contributed by atoms with E-state index in [-0.39, 0.29) is 0 Å². The number of anilines is 1. The lowest BCUT2D eigenvalue weighted by Crippen LogP contribution is -2.30. The van der Waals surface area contributed by atoms with Gasteiger partial charge < -0.3 is 4.90 Å². The lowest BCUT2D eigenvalue weighted by Gasteiger charge is -2.11. The number of para-hydroxylation sites is 2. The molecule has 1 unspecified atom stereocenters. The predicted octanol–water partition coefficient (Wildman–Crippen LogP) is 4.32. The molecule has 3 aromatic carbocycles. The Morgan fingerprint density at radius 1 is 0.897 bits per heavy atom. The van der Waals surface area contributed by atoms with E-state index in [9.17, 15) is 0 Å². The molecule has 1 N–H and O–H groups in total. The first kappa shape index (κ1) is 18.0. The molecule has 146 valence electrons. The maximum absolute atomic E-state index is 3.80. The maximum Gasteiger partial charge on any atom is 0.359 e. The van der Waals surface area contributed by atoms with Crippen LogP contribution in [0.15, 0.2) is 78.9 Å². The maximum atomic E-state index is 3.80. The van der Waals surface area contributed by atoms with E-state index in [1.54, 1.807) is 0 Å². The number of likely N-dealkylation sites (N-methyl/N-ethyl adjacent to an activating group) is 1. The van der Waals surface area contributed by atoms with Crippen LogP contribution in [-0.2, 0) is 13.1 Å². The lowest BCUT2D eigenvalue weighted by molar-refractivity contribution is -0.648. The Hall–Kier alpha value is -3.11. The van der Waals surface area contributed by atoms with Crippen LogP contribution in [-0.4, -0.2) is 30.1 Å². The molecule has 1 aliphatic rings. The van der Waals surface area contributed by atoms with Crippen molar-refractivity contribution in [3.63, 3.8) is 0 Å². The molecule has 5 rings (SSSR count). The number of nitrogens with one attached hydrogen (secondary N) is 1. The van der Waals surface area contributed by atoms with E-state index in [1.807, 2.05) is 0 Å². The van der Waals surface area contributed by atoms with Gasteiger partial charge in [0.1, 0.15) is 23.6 Å². The molecule has 4 heteroatoms. The normalized spacial score (nSPS) is 15.6. The van der Waals surface area contributed by atoms with Crippen molar-refractivity contribution in [3.8, 4) is 11.1 Å². The summed E-state index contributed by atoms with van der Waals surface area (Å²) >= 11 is 0.